The summed E-state index contributed by atoms with van der Waals surface area (Å²) >= 11 is 0. The Hall–Kier alpha value is -5.34. The van der Waals surface area contributed by atoms with Crippen molar-refractivity contribution in [2.24, 2.45) is 0 Å². The average molecular weight is 1590 g/mol. The standard InChI is InChI=1S/C100H176N4O10/c1-5-9-13-17-21-25-29-33-37-41-45-49-53-57-61-79-95(105)111-89-73-69-85-103(86-70-74-90-112-96(106)80-62-58-54-50-46-42-38-34-30-26-22-18-14-10-6-2)83-67-65-77-93-99(109)102-94(100(110)101-93)78-66-68-84-104(87-71-75-91-113-97(107)81-63-59-55-51-47-43-39-35-31-27-23-19-15-11-7-3)88-72-76-92-114-98(108)82-64-60-56-52-48-44-40-36-32-28-24-20-16-12-8-4/h21-28,33-40,93-94H,5-20,29-32,41-92H2,1-4H3,(H,101,110)(H,102,109)/b25-21+,26-22+,27-23+,28-24+,37-33+,38-34+,39-35+,40-36+/t93-,94-/m0/s1. The van der Waals surface area contributed by atoms with Crippen LogP contribution in [0.3, 0.4) is 0 Å². The van der Waals surface area contributed by atoms with Crippen LogP contribution < -0.4 is 10.6 Å². The van der Waals surface area contributed by atoms with Gasteiger partial charge in [-0.15, -0.1) is 0 Å². The fourth-order valence-corrected chi connectivity index (χ4v) is 14.2. The molecule has 656 valence electrons. The highest BCUT2D eigenvalue weighted by Gasteiger charge is 2.33. The van der Waals surface area contributed by atoms with Crippen molar-refractivity contribution in [1.29, 1.82) is 0 Å². The van der Waals surface area contributed by atoms with Gasteiger partial charge in [0.1, 0.15) is 12.1 Å². The number of unbranched alkanes of at least 4 members (excludes halogenated alkanes) is 38. The lowest BCUT2D eigenvalue weighted by molar-refractivity contribution is -0.144. The van der Waals surface area contributed by atoms with E-state index in [1.807, 2.05) is 0 Å². The molecule has 1 aliphatic rings. The zero-order valence-electron chi connectivity index (χ0n) is 74.3. The maximum atomic E-state index is 13.6. The number of esters is 4. The number of rotatable bonds is 86. The lowest BCUT2D eigenvalue weighted by Gasteiger charge is -2.30. The number of allylic oxidation sites excluding steroid dienone is 16. The molecule has 2 N–H and O–H groups in total. The molecule has 14 nitrogen and oxygen atoms in total. The van der Waals surface area contributed by atoms with Crippen molar-refractivity contribution in [2.75, 3.05) is 65.7 Å². The van der Waals surface area contributed by atoms with Gasteiger partial charge in [0.2, 0.25) is 11.8 Å². The van der Waals surface area contributed by atoms with Crippen LogP contribution in [0.4, 0.5) is 0 Å². The molecular formula is C100H176N4O10. The molecule has 1 aliphatic heterocycles. The molecule has 2 amide bonds. The van der Waals surface area contributed by atoms with Crippen molar-refractivity contribution < 1.29 is 47.7 Å². The van der Waals surface area contributed by atoms with Crippen molar-refractivity contribution >= 4 is 35.7 Å². The van der Waals surface area contributed by atoms with E-state index in [0.29, 0.717) is 65.0 Å². The van der Waals surface area contributed by atoms with Gasteiger partial charge in [0, 0.05) is 25.7 Å². The topological polar surface area (TPSA) is 170 Å². The largest absolute Gasteiger partial charge is 0.466 e. The normalized spacial score (nSPS) is 14.2. The van der Waals surface area contributed by atoms with Crippen LogP contribution >= 0.6 is 0 Å². The summed E-state index contributed by atoms with van der Waals surface area (Å²) in [7, 11) is 0. The summed E-state index contributed by atoms with van der Waals surface area (Å²) in [4.78, 5) is 82.6. The van der Waals surface area contributed by atoms with E-state index >= 15 is 0 Å². The number of nitrogens with zero attached hydrogens (tertiary/aromatic N) is 2. The minimum absolute atomic E-state index is 0.106. The Bertz CT molecular complexity index is 2160. The lowest BCUT2D eigenvalue weighted by Crippen LogP contribution is -2.61. The van der Waals surface area contributed by atoms with E-state index in [2.05, 4.69) is 145 Å². The van der Waals surface area contributed by atoms with Gasteiger partial charge in [0.05, 0.1) is 26.4 Å². The minimum Gasteiger partial charge on any atom is -0.466 e. The Kier molecular flexibility index (Phi) is 81.4. The summed E-state index contributed by atoms with van der Waals surface area (Å²) in [6.07, 6.45) is 100. The maximum Gasteiger partial charge on any atom is 0.305 e. The molecule has 0 aromatic carbocycles. The number of hydrogen-bond acceptors (Lipinski definition) is 12. The number of carbonyl (C=O) groups excluding carboxylic acids is 6. The predicted octanol–water partition coefficient (Wildman–Crippen LogP) is 26.5. The third-order valence-electron chi connectivity index (χ3n) is 21.6. The SMILES string of the molecule is CCCCC/C=C/C/C=C/CCCCCCCC(=O)OCCCCN(CCCCOC(=O)CCCCCCC/C=C/C/C=C/CCCCC)CCCC[C@@H]1NC(=O)[C@H](CCCCN(CCCCOC(=O)CCCCCCC/C=C/C/C=C/CCCCC)CCCCOC(=O)CCCCCCC/C=C/C/C=C/CCCCC)NC1=O. The van der Waals surface area contributed by atoms with Crippen molar-refractivity contribution in [3.63, 3.8) is 0 Å². The smallest absolute Gasteiger partial charge is 0.305 e. The molecule has 1 rings (SSSR count). The third kappa shape index (κ3) is 76.6. The van der Waals surface area contributed by atoms with Crippen LogP contribution in [0.15, 0.2) is 97.2 Å². The Balaban J connectivity index is 2.66. The molecule has 1 fully saturated rings. The van der Waals surface area contributed by atoms with E-state index in [1.165, 1.54) is 154 Å². The first-order valence-corrected chi connectivity index (χ1v) is 48.0. The summed E-state index contributed by atoms with van der Waals surface area (Å²) in [5.74, 6) is -0.661. The highest BCUT2D eigenvalue weighted by atomic mass is 16.5. The zero-order valence-corrected chi connectivity index (χ0v) is 74.3. The summed E-state index contributed by atoms with van der Waals surface area (Å²) in [6, 6.07) is -1.13. The highest BCUT2D eigenvalue weighted by Crippen LogP contribution is 2.18. The second kappa shape index (κ2) is 87.0. The summed E-state index contributed by atoms with van der Waals surface area (Å²) in [5.41, 5.74) is 0. The van der Waals surface area contributed by atoms with Gasteiger partial charge in [0.25, 0.3) is 0 Å². The van der Waals surface area contributed by atoms with E-state index < -0.39 is 12.1 Å². The summed E-state index contributed by atoms with van der Waals surface area (Å²) in [5, 5.41) is 6.13. The van der Waals surface area contributed by atoms with Gasteiger partial charge in [-0.25, -0.2) is 0 Å². The minimum atomic E-state index is -0.564. The van der Waals surface area contributed by atoms with Crippen LogP contribution in [-0.2, 0) is 47.7 Å². The first kappa shape index (κ1) is 107. The van der Waals surface area contributed by atoms with Gasteiger partial charge in [-0.3, -0.25) is 28.8 Å². The summed E-state index contributed by atoms with van der Waals surface area (Å²) < 4.78 is 22.7. The van der Waals surface area contributed by atoms with E-state index in [0.717, 1.165) is 245 Å². The van der Waals surface area contributed by atoms with Gasteiger partial charge >= 0.3 is 23.9 Å². The average Bonchev–Trinajstić information content (AvgIpc) is 0.846. The van der Waals surface area contributed by atoms with Crippen LogP contribution in [0.25, 0.3) is 0 Å². The fraction of sp³-hybridized carbons (Fsp3) is 0.780. The number of carbonyl (C=O) groups is 6. The molecule has 0 unspecified atom stereocenters. The van der Waals surface area contributed by atoms with E-state index in [4.69, 9.17) is 18.9 Å². The molecule has 0 bridgehead atoms. The van der Waals surface area contributed by atoms with Gasteiger partial charge < -0.3 is 39.4 Å². The first-order valence-electron chi connectivity index (χ1n) is 48.0. The molecular weight excluding hydrogens is 1420 g/mol. The third-order valence-corrected chi connectivity index (χ3v) is 21.6. The van der Waals surface area contributed by atoms with Gasteiger partial charge in [0.15, 0.2) is 0 Å². The van der Waals surface area contributed by atoms with Crippen LogP contribution in [0.5, 0.6) is 0 Å². The number of piperazine rings is 1. The maximum absolute atomic E-state index is 13.6. The predicted molar refractivity (Wildman–Crippen MR) is 483 cm³/mol. The van der Waals surface area contributed by atoms with Crippen LogP contribution in [-0.4, -0.2) is 123 Å². The monoisotopic (exact) mass is 1590 g/mol. The highest BCUT2D eigenvalue weighted by molar-refractivity contribution is 5.96. The number of nitrogens with one attached hydrogen (secondary N) is 2. The first-order chi connectivity index (χ1) is 56.1. The van der Waals surface area contributed by atoms with Crippen molar-refractivity contribution in [1.82, 2.24) is 20.4 Å². The molecule has 0 aromatic heterocycles. The van der Waals surface area contributed by atoms with Crippen molar-refractivity contribution in [3.8, 4) is 0 Å². The molecule has 0 aliphatic carbocycles. The Morgan fingerprint density at radius 3 is 0.658 bits per heavy atom. The van der Waals surface area contributed by atoms with Crippen LogP contribution in [0, 0.1) is 0 Å². The molecule has 1 heterocycles. The van der Waals surface area contributed by atoms with Crippen LogP contribution in [0.1, 0.15) is 426 Å². The fourth-order valence-electron chi connectivity index (χ4n) is 14.2. The van der Waals surface area contributed by atoms with Gasteiger partial charge in [-0.05, 0) is 283 Å². The molecule has 0 radical (unpaired) electrons. The molecule has 2 atom stereocenters. The molecule has 0 saturated carbocycles. The number of amides is 2. The number of hydrogen-bond donors (Lipinski definition) is 2. The van der Waals surface area contributed by atoms with Crippen LogP contribution in [0.2, 0.25) is 0 Å². The molecule has 14 heteroatoms. The lowest BCUT2D eigenvalue weighted by atomic mass is 10.0. The molecule has 114 heavy (non-hydrogen) atoms. The van der Waals surface area contributed by atoms with Crippen molar-refractivity contribution in [2.45, 2.75) is 438 Å². The Labute approximate surface area is 700 Å². The zero-order chi connectivity index (χ0) is 82.2. The van der Waals surface area contributed by atoms with E-state index in [1.54, 1.807) is 0 Å². The van der Waals surface area contributed by atoms with Gasteiger partial charge in [-0.2, -0.15) is 0 Å². The Morgan fingerprint density at radius 2 is 0.439 bits per heavy atom. The second-order valence-electron chi connectivity index (χ2n) is 32.4. The van der Waals surface area contributed by atoms with E-state index in [-0.39, 0.29) is 35.7 Å². The van der Waals surface area contributed by atoms with Gasteiger partial charge in [-0.1, -0.05) is 253 Å². The molecule has 0 aromatic rings. The molecule has 0 spiro atoms. The van der Waals surface area contributed by atoms with Crippen molar-refractivity contribution in [3.05, 3.63) is 97.2 Å². The second-order valence-corrected chi connectivity index (χ2v) is 32.4. The number of ether oxygens (including phenoxy) is 4. The van der Waals surface area contributed by atoms with E-state index in [9.17, 15) is 28.8 Å². The Morgan fingerprint density at radius 1 is 0.246 bits per heavy atom. The molecule has 1 saturated heterocycles. The quantitative estimate of drug-likeness (QED) is 0.0256. The summed E-state index contributed by atoms with van der Waals surface area (Å²) in [6.45, 7) is 15.8.